The predicted molar refractivity (Wildman–Crippen MR) is 111 cm³/mol. The maximum atomic E-state index is 11.0. The Balaban J connectivity index is 1.58. The zero-order valence-electron chi connectivity index (χ0n) is 17.2. The molecule has 30 heavy (non-hydrogen) atoms. The number of rotatable bonds is 4. The first-order valence-electron chi connectivity index (χ1n) is 9.78. The lowest BCUT2D eigenvalue weighted by Crippen LogP contribution is -3.10. The van der Waals surface area contributed by atoms with Gasteiger partial charge in [0.05, 0.1) is 37.7 Å². The number of non-ortho nitro benzene ring substituents is 1. The predicted octanol–water partition coefficient (Wildman–Crippen LogP) is 1.87. The highest BCUT2D eigenvalue weighted by atomic mass is 16.7. The number of nitrogens with zero attached hydrogens (tertiary/aromatic N) is 1. The van der Waals surface area contributed by atoms with Crippen LogP contribution in [0.4, 0.5) is 11.4 Å². The first-order valence-corrected chi connectivity index (χ1v) is 9.78. The molecule has 0 amide bonds. The van der Waals surface area contributed by atoms with Crippen LogP contribution in [0.15, 0.2) is 24.3 Å². The van der Waals surface area contributed by atoms with Gasteiger partial charge in [-0.3, -0.25) is 10.1 Å². The van der Waals surface area contributed by atoms with E-state index in [0.717, 1.165) is 29.8 Å². The smallest absolute Gasteiger partial charge is 0.271 e. The van der Waals surface area contributed by atoms with E-state index in [-0.39, 0.29) is 18.5 Å². The number of hydrogen-bond donors (Lipinski definition) is 2. The molecule has 2 heterocycles. The second-order valence-corrected chi connectivity index (χ2v) is 7.43. The number of ether oxygens (including phenoxy) is 3. The summed E-state index contributed by atoms with van der Waals surface area (Å²) in [7, 11) is 3.75. The van der Waals surface area contributed by atoms with Crippen molar-refractivity contribution in [3.8, 4) is 29.1 Å². The third kappa shape index (κ3) is 3.60. The van der Waals surface area contributed by atoms with Crippen molar-refractivity contribution in [2.24, 2.45) is 0 Å². The molecule has 2 aliphatic rings. The first-order chi connectivity index (χ1) is 14.5. The third-order valence-corrected chi connectivity index (χ3v) is 5.56. The zero-order valence-corrected chi connectivity index (χ0v) is 17.2. The SMILES string of the molecule is COc1c2c(cc3c1[C@@H](C#CCNc1cc([N+](=O)[O-])ccc1C)[NH+](C)CC3)OCO2. The molecule has 2 atom stereocenters. The van der Waals surface area contributed by atoms with E-state index in [4.69, 9.17) is 14.2 Å². The molecular weight excluding hydrogens is 386 g/mol. The number of benzene rings is 2. The number of likely N-dealkylation sites (N-methyl/N-ethyl adjacent to an activating group) is 1. The summed E-state index contributed by atoms with van der Waals surface area (Å²) in [6, 6.07) is 6.74. The van der Waals surface area contributed by atoms with Gasteiger partial charge in [0, 0.05) is 24.2 Å². The Morgan fingerprint density at radius 1 is 1.37 bits per heavy atom. The minimum absolute atomic E-state index is 0.0576. The fourth-order valence-corrected chi connectivity index (χ4v) is 3.93. The molecule has 2 aliphatic heterocycles. The molecule has 0 radical (unpaired) electrons. The molecule has 156 valence electrons. The van der Waals surface area contributed by atoms with E-state index in [1.165, 1.54) is 22.6 Å². The summed E-state index contributed by atoms with van der Waals surface area (Å²) in [5, 5.41) is 14.2. The Morgan fingerprint density at radius 3 is 2.97 bits per heavy atom. The van der Waals surface area contributed by atoms with E-state index in [9.17, 15) is 10.1 Å². The molecule has 0 aliphatic carbocycles. The van der Waals surface area contributed by atoms with Crippen molar-refractivity contribution in [2.45, 2.75) is 19.4 Å². The second kappa shape index (κ2) is 8.13. The summed E-state index contributed by atoms with van der Waals surface area (Å²) in [4.78, 5) is 11.9. The van der Waals surface area contributed by atoms with Gasteiger partial charge in [0.15, 0.2) is 17.5 Å². The maximum Gasteiger partial charge on any atom is 0.271 e. The van der Waals surface area contributed by atoms with Gasteiger partial charge in [-0.25, -0.2) is 0 Å². The maximum absolute atomic E-state index is 11.0. The second-order valence-electron chi connectivity index (χ2n) is 7.43. The molecule has 2 aromatic rings. The number of aryl methyl sites for hydroxylation is 1. The molecule has 0 spiro atoms. The van der Waals surface area contributed by atoms with E-state index in [1.807, 2.05) is 13.0 Å². The van der Waals surface area contributed by atoms with Crippen molar-refractivity contribution in [3.63, 3.8) is 0 Å². The summed E-state index contributed by atoms with van der Waals surface area (Å²) in [5.74, 6) is 8.61. The molecular formula is C22H24N3O5+. The van der Waals surface area contributed by atoms with Crippen LogP contribution in [-0.2, 0) is 6.42 Å². The zero-order chi connectivity index (χ0) is 21.3. The lowest BCUT2D eigenvalue weighted by atomic mass is 9.91. The highest BCUT2D eigenvalue weighted by molar-refractivity contribution is 5.62. The van der Waals surface area contributed by atoms with Crippen LogP contribution in [-0.4, -0.2) is 39.0 Å². The molecule has 0 bridgehead atoms. The van der Waals surface area contributed by atoms with Crippen LogP contribution in [0.1, 0.15) is 22.7 Å². The number of fused-ring (bicyclic) bond motifs is 2. The van der Waals surface area contributed by atoms with E-state index in [0.29, 0.717) is 23.7 Å². The van der Waals surface area contributed by atoms with Crippen LogP contribution in [0, 0.1) is 28.9 Å². The number of anilines is 1. The number of quaternary nitrogens is 1. The summed E-state index contributed by atoms with van der Waals surface area (Å²) in [6.45, 7) is 3.43. The number of methoxy groups -OCH3 is 1. The van der Waals surface area contributed by atoms with Crippen LogP contribution in [0.5, 0.6) is 17.2 Å². The normalized spacial score (nSPS) is 18.8. The van der Waals surface area contributed by atoms with Gasteiger partial charge in [-0.1, -0.05) is 12.0 Å². The van der Waals surface area contributed by atoms with Gasteiger partial charge in [0.25, 0.3) is 5.69 Å². The average Bonchev–Trinajstić information content (AvgIpc) is 3.20. The Bertz CT molecular complexity index is 1060. The molecule has 0 saturated carbocycles. The lowest BCUT2D eigenvalue weighted by molar-refractivity contribution is -0.905. The summed E-state index contributed by atoms with van der Waals surface area (Å²) in [5.41, 5.74) is 3.92. The molecule has 0 saturated heterocycles. The Labute approximate surface area is 174 Å². The number of nitro benzene ring substituents is 1. The van der Waals surface area contributed by atoms with E-state index < -0.39 is 4.92 Å². The standard InChI is InChI=1S/C22H23N3O5/c1-14-6-7-16(25(26)27)12-17(14)23-9-4-5-18-20-15(8-10-24(18)2)11-19-21(22(20)28-3)30-13-29-19/h6-7,11-12,18,23H,8-10,13H2,1-3H3/p+1/t18-/m1/s1. The van der Waals surface area contributed by atoms with Crippen molar-refractivity contribution in [2.75, 3.05) is 39.4 Å². The van der Waals surface area contributed by atoms with Crippen LogP contribution < -0.4 is 24.4 Å². The van der Waals surface area contributed by atoms with Crippen molar-refractivity contribution >= 4 is 11.4 Å². The largest absolute Gasteiger partial charge is 0.492 e. The average molecular weight is 410 g/mol. The molecule has 0 fully saturated rings. The van der Waals surface area contributed by atoms with E-state index in [2.05, 4.69) is 24.2 Å². The molecule has 4 rings (SSSR count). The van der Waals surface area contributed by atoms with Crippen LogP contribution >= 0.6 is 0 Å². The first kappa shape index (κ1) is 19.9. The summed E-state index contributed by atoms with van der Waals surface area (Å²) < 4.78 is 16.9. The summed E-state index contributed by atoms with van der Waals surface area (Å²) >= 11 is 0. The van der Waals surface area contributed by atoms with Crippen molar-refractivity contribution in [1.82, 2.24) is 0 Å². The molecule has 8 nitrogen and oxygen atoms in total. The Kier molecular flexibility index (Phi) is 5.38. The molecule has 2 N–H and O–H groups in total. The fraction of sp³-hybridized carbons (Fsp3) is 0.364. The van der Waals surface area contributed by atoms with Gasteiger partial charge in [0.2, 0.25) is 12.5 Å². The quantitative estimate of drug-likeness (QED) is 0.455. The minimum Gasteiger partial charge on any atom is -0.492 e. The van der Waals surface area contributed by atoms with Crippen molar-refractivity contribution in [3.05, 3.63) is 51.1 Å². The molecule has 2 aromatic carbocycles. The van der Waals surface area contributed by atoms with E-state index >= 15 is 0 Å². The number of nitrogens with one attached hydrogen (secondary N) is 2. The third-order valence-electron chi connectivity index (χ3n) is 5.56. The van der Waals surface area contributed by atoms with Crippen LogP contribution in [0.3, 0.4) is 0 Å². The topological polar surface area (TPSA) is 87.3 Å². The van der Waals surface area contributed by atoms with Crippen molar-refractivity contribution in [1.29, 1.82) is 0 Å². The van der Waals surface area contributed by atoms with Crippen LogP contribution in [0.25, 0.3) is 0 Å². The highest BCUT2D eigenvalue weighted by Gasteiger charge is 2.35. The minimum atomic E-state index is -0.399. The van der Waals surface area contributed by atoms with Gasteiger partial charge in [-0.05, 0) is 30.0 Å². The van der Waals surface area contributed by atoms with Crippen LogP contribution in [0.2, 0.25) is 0 Å². The highest BCUT2D eigenvalue weighted by Crippen LogP contribution is 2.47. The van der Waals surface area contributed by atoms with Gasteiger partial charge in [0.1, 0.15) is 0 Å². The molecule has 0 aromatic heterocycles. The summed E-state index contributed by atoms with van der Waals surface area (Å²) in [6.07, 6.45) is 0.914. The molecule has 1 unspecified atom stereocenters. The number of nitro groups is 1. The molecule has 8 heteroatoms. The number of hydrogen-bond acceptors (Lipinski definition) is 6. The Hall–Kier alpha value is -3.44. The fourth-order valence-electron chi connectivity index (χ4n) is 3.93. The van der Waals surface area contributed by atoms with E-state index in [1.54, 1.807) is 13.2 Å². The lowest BCUT2D eigenvalue weighted by Gasteiger charge is -2.30. The van der Waals surface area contributed by atoms with Gasteiger partial charge < -0.3 is 24.4 Å². The van der Waals surface area contributed by atoms with Crippen molar-refractivity contribution < 1.29 is 24.0 Å². The monoisotopic (exact) mass is 410 g/mol. The van der Waals surface area contributed by atoms with Gasteiger partial charge in [-0.15, -0.1) is 0 Å². The Morgan fingerprint density at radius 2 is 2.20 bits per heavy atom. The van der Waals surface area contributed by atoms with Gasteiger partial charge >= 0.3 is 0 Å². The van der Waals surface area contributed by atoms with Gasteiger partial charge in [-0.2, -0.15) is 0 Å².